The Balaban J connectivity index is 1.47. The quantitative estimate of drug-likeness (QED) is 0.637. The summed E-state index contributed by atoms with van der Waals surface area (Å²) in [6.45, 7) is 5.54. The normalized spacial score (nSPS) is 15.6. The number of nitrogens with zero attached hydrogens (tertiary/aromatic N) is 6. The molecule has 4 rings (SSSR count). The second kappa shape index (κ2) is 9.58. The van der Waals surface area contributed by atoms with E-state index in [2.05, 4.69) is 19.9 Å². The molecule has 1 aromatic carbocycles. The Bertz CT molecular complexity index is 1050. The van der Waals surface area contributed by atoms with Gasteiger partial charge in [0, 0.05) is 76.5 Å². The number of rotatable bonds is 6. The Morgan fingerprint density at radius 2 is 1.75 bits per heavy atom. The van der Waals surface area contributed by atoms with Gasteiger partial charge >= 0.3 is 0 Å². The fourth-order valence-corrected chi connectivity index (χ4v) is 4.07. The maximum absolute atomic E-state index is 15.0. The van der Waals surface area contributed by atoms with Crippen LogP contribution in [0.4, 0.5) is 16.0 Å². The van der Waals surface area contributed by atoms with E-state index in [-0.39, 0.29) is 5.82 Å². The molecule has 7 nitrogen and oxygen atoms in total. The van der Waals surface area contributed by atoms with Crippen molar-refractivity contribution in [1.29, 1.82) is 0 Å². The highest BCUT2D eigenvalue weighted by molar-refractivity contribution is 5.58. The number of aromatic nitrogens is 3. The molecule has 0 saturated carbocycles. The van der Waals surface area contributed by atoms with Crippen LogP contribution in [0.25, 0.3) is 0 Å². The molecule has 1 fully saturated rings. The molecule has 0 unspecified atom stereocenters. The van der Waals surface area contributed by atoms with Crippen molar-refractivity contribution >= 4 is 11.6 Å². The highest BCUT2D eigenvalue weighted by atomic mass is 19.1. The largest absolute Gasteiger partial charge is 0.382 e. The molecule has 2 aromatic heterocycles. The van der Waals surface area contributed by atoms with Crippen molar-refractivity contribution in [2.24, 2.45) is 0 Å². The van der Waals surface area contributed by atoms with Crippen molar-refractivity contribution in [2.75, 3.05) is 50.1 Å². The van der Waals surface area contributed by atoms with E-state index >= 15 is 0 Å². The van der Waals surface area contributed by atoms with Crippen LogP contribution < -0.4 is 9.80 Å². The third kappa shape index (κ3) is 4.71. The van der Waals surface area contributed by atoms with Crippen LogP contribution in [0, 0.1) is 12.7 Å². The average molecular weight is 437 g/mol. The molecule has 3 aromatic rings. The summed E-state index contributed by atoms with van der Waals surface area (Å²) in [7, 11) is 3.83. The van der Waals surface area contributed by atoms with E-state index in [4.69, 9.17) is 0 Å². The lowest BCUT2D eigenvalue weighted by Crippen LogP contribution is -2.46. The molecule has 0 radical (unpaired) electrons. The maximum Gasteiger partial charge on any atom is 0.224 e. The number of para-hydroxylation sites is 1. The topological polar surface area (TPSA) is 68.6 Å². The number of pyridine rings is 1. The summed E-state index contributed by atoms with van der Waals surface area (Å²) in [6, 6.07) is 8.61. The van der Waals surface area contributed by atoms with E-state index in [0.29, 0.717) is 36.0 Å². The third-order valence-electron chi connectivity index (χ3n) is 5.81. The van der Waals surface area contributed by atoms with Crippen molar-refractivity contribution < 1.29 is 9.50 Å². The van der Waals surface area contributed by atoms with Crippen LogP contribution in [0.5, 0.6) is 0 Å². The molecule has 1 aliphatic heterocycles. The van der Waals surface area contributed by atoms with Gasteiger partial charge in [-0.2, -0.15) is 0 Å². The van der Waals surface area contributed by atoms with Crippen molar-refractivity contribution in [1.82, 2.24) is 19.9 Å². The number of hydrogen-bond acceptors (Lipinski definition) is 7. The number of benzene rings is 1. The first-order valence-corrected chi connectivity index (χ1v) is 10.8. The summed E-state index contributed by atoms with van der Waals surface area (Å²) in [6.07, 6.45) is 4.38. The smallest absolute Gasteiger partial charge is 0.224 e. The number of aliphatic hydroxyl groups excluding tert-OH is 1. The summed E-state index contributed by atoms with van der Waals surface area (Å²) < 4.78 is 15.0. The lowest BCUT2D eigenvalue weighted by atomic mass is 9.99. The molecule has 1 atom stereocenters. The van der Waals surface area contributed by atoms with Crippen LogP contribution in [0.15, 0.2) is 48.9 Å². The van der Waals surface area contributed by atoms with Gasteiger partial charge in [-0.25, -0.2) is 14.4 Å². The standard InChI is InChI=1S/C24H29FN6O/c1-17-6-5-9-26-21(17)23(32)19-7-4-8-20(25)22(19)31-12-10-30(11-13-31)16-18-14-27-24(28-15-18)29(2)3/h4-9,14-15,23,32H,10-13,16H2,1-3H3/t23-/m1/s1. The van der Waals surface area contributed by atoms with Crippen LogP contribution in [-0.2, 0) is 6.54 Å². The van der Waals surface area contributed by atoms with Gasteiger partial charge in [0.1, 0.15) is 11.9 Å². The van der Waals surface area contributed by atoms with Crippen LogP contribution in [0.1, 0.15) is 28.5 Å². The van der Waals surface area contributed by atoms with Gasteiger partial charge in [-0.1, -0.05) is 18.2 Å². The number of aryl methyl sites for hydroxylation is 1. The van der Waals surface area contributed by atoms with E-state index in [0.717, 1.165) is 30.8 Å². The first-order valence-electron chi connectivity index (χ1n) is 10.8. The summed E-state index contributed by atoms with van der Waals surface area (Å²) in [4.78, 5) is 19.3. The first-order chi connectivity index (χ1) is 15.4. The van der Waals surface area contributed by atoms with Gasteiger partial charge in [0.05, 0.1) is 11.4 Å². The molecule has 1 N–H and O–H groups in total. The zero-order chi connectivity index (χ0) is 22.7. The van der Waals surface area contributed by atoms with E-state index in [1.54, 1.807) is 18.3 Å². The second-order valence-electron chi connectivity index (χ2n) is 8.33. The predicted octanol–water partition coefficient (Wildman–Crippen LogP) is 2.79. The molecule has 1 aliphatic rings. The fraction of sp³-hybridized carbons (Fsp3) is 0.375. The molecule has 3 heterocycles. The zero-order valence-electron chi connectivity index (χ0n) is 18.7. The minimum absolute atomic E-state index is 0.323. The number of halogens is 1. The SMILES string of the molecule is Cc1cccnc1[C@H](O)c1cccc(F)c1N1CCN(Cc2cnc(N(C)C)nc2)CC1. The lowest BCUT2D eigenvalue weighted by Gasteiger charge is -2.37. The monoisotopic (exact) mass is 436 g/mol. The van der Waals surface area contributed by atoms with Gasteiger partial charge in [0.25, 0.3) is 0 Å². The van der Waals surface area contributed by atoms with Gasteiger partial charge in [-0.05, 0) is 24.6 Å². The Hall–Kier alpha value is -3.10. The average Bonchev–Trinajstić information content (AvgIpc) is 2.80. The molecule has 0 amide bonds. The van der Waals surface area contributed by atoms with E-state index in [1.807, 2.05) is 55.3 Å². The summed E-state index contributed by atoms with van der Waals surface area (Å²) in [5.41, 5.74) is 3.50. The Labute approximate surface area is 188 Å². The molecule has 0 spiro atoms. The third-order valence-corrected chi connectivity index (χ3v) is 5.81. The van der Waals surface area contributed by atoms with Crippen molar-refractivity contribution in [2.45, 2.75) is 19.6 Å². The molecular weight excluding hydrogens is 407 g/mol. The Morgan fingerprint density at radius 3 is 2.41 bits per heavy atom. The minimum atomic E-state index is -0.979. The lowest BCUT2D eigenvalue weighted by molar-refractivity contribution is 0.213. The van der Waals surface area contributed by atoms with Crippen molar-refractivity contribution in [3.8, 4) is 0 Å². The molecule has 8 heteroatoms. The predicted molar refractivity (Wildman–Crippen MR) is 123 cm³/mol. The van der Waals surface area contributed by atoms with E-state index < -0.39 is 6.10 Å². The number of hydrogen-bond donors (Lipinski definition) is 1. The molecule has 32 heavy (non-hydrogen) atoms. The van der Waals surface area contributed by atoms with Gasteiger partial charge in [-0.3, -0.25) is 9.88 Å². The van der Waals surface area contributed by atoms with Crippen LogP contribution in [0.2, 0.25) is 0 Å². The van der Waals surface area contributed by atoms with E-state index in [1.165, 1.54) is 6.07 Å². The molecule has 1 saturated heterocycles. The summed E-state index contributed by atoms with van der Waals surface area (Å²) in [5.74, 6) is 0.364. The highest BCUT2D eigenvalue weighted by Gasteiger charge is 2.26. The Morgan fingerprint density at radius 1 is 1.03 bits per heavy atom. The number of aliphatic hydroxyl groups is 1. The first kappa shape index (κ1) is 22.1. The van der Waals surface area contributed by atoms with Crippen LogP contribution in [0.3, 0.4) is 0 Å². The molecule has 0 aliphatic carbocycles. The van der Waals surface area contributed by atoms with Crippen LogP contribution >= 0.6 is 0 Å². The Kier molecular flexibility index (Phi) is 6.62. The van der Waals surface area contributed by atoms with E-state index in [9.17, 15) is 9.50 Å². The minimum Gasteiger partial charge on any atom is -0.382 e. The second-order valence-corrected chi connectivity index (χ2v) is 8.33. The summed E-state index contributed by atoms with van der Waals surface area (Å²) in [5, 5.41) is 11.0. The number of piperazine rings is 1. The van der Waals surface area contributed by atoms with Crippen molar-refractivity contribution in [3.05, 3.63) is 77.1 Å². The van der Waals surface area contributed by atoms with Gasteiger partial charge < -0.3 is 14.9 Å². The highest BCUT2D eigenvalue weighted by Crippen LogP contribution is 2.34. The molecule has 168 valence electrons. The van der Waals surface area contributed by atoms with Gasteiger partial charge in [0.2, 0.25) is 5.95 Å². The number of anilines is 2. The molecule has 0 bridgehead atoms. The summed E-state index contributed by atoms with van der Waals surface area (Å²) >= 11 is 0. The zero-order valence-corrected chi connectivity index (χ0v) is 18.7. The van der Waals surface area contributed by atoms with Crippen molar-refractivity contribution in [3.63, 3.8) is 0 Å². The fourth-order valence-electron chi connectivity index (χ4n) is 4.07. The van der Waals surface area contributed by atoms with Gasteiger partial charge in [-0.15, -0.1) is 0 Å². The van der Waals surface area contributed by atoms with Crippen LogP contribution in [-0.4, -0.2) is 65.2 Å². The maximum atomic E-state index is 15.0. The molecular formula is C24H29FN6O. The van der Waals surface area contributed by atoms with Gasteiger partial charge in [0.15, 0.2) is 0 Å².